The summed E-state index contributed by atoms with van der Waals surface area (Å²) < 4.78 is 14.3. The van der Waals surface area contributed by atoms with Crippen LogP contribution in [0, 0.1) is 12.7 Å². The number of carbonyl (C=O) groups is 2. The lowest BCUT2D eigenvalue weighted by Gasteiger charge is -2.15. The number of nitrogens with two attached hydrogens (primary N) is 1. The van der Waals surface area contributed by atoms with Gasteiger partial charge in [-0.05, 0) is 54.2 Å². The first-order valence-electron chi connectivity index (χ1n) is 13.7. The van der Waals surface area contributed by atoms with E-state index >= 15 is 0 Å². The van der Waals surface area contributed by atoms with Crippen molar-refractivity contribution in [2.45, 2.75) is 38.9 Å². The van der Waals surface area contributed by atoms with Gasteiger partial charge in [-0.1, -0.05) is 18.2 Å². The van der Waals surface area contributed by atoms with Crippen LogP contribution in [0.25, 0.3) is 11.4 Å². The molecule has 0 saturated carbocycles. The molecule has 0 spiro atoms. The summed E-state index contributed by atoms with van der Waals surface area (Å²) in [5, 5.41) is 15.2. The van der Waals surface area contributed by atoms with Crippen LogP contribution in [0.15, 0.2) is 58.6 Å². The average Bonchev–Trinajstić information content (AvgIpc) is 3.72. The maximum atomic E-state index is 14.3. The van der Waals surface area contributed by atoms with Crippen molar-refractivity contribution in [1.82, 2.24) is 35.8 Å². The summed E-state index contributed by atoms with van der Waals surface area (Å²) in [5.74, 6) is -0.838. The molecule has 6 rings (SSSR count). The molecular formula is C30H26FN9O4. The molecular weight excluding hydrogens is 569 g/mol. The summed E-state index contributed by atoms with van der Waals surface area (Å²) in [4.78, 5) is 61.1. The van der Waals surface area contributed by atoms with Crippen molar-refractivity contribution in [2.24, 2.45) is 0 Å². The van der Waals surface area contributed by atoms with E-state index in [1.807, 2.05) is 19.1 Å². The average molecular weight is 596 g/mol. The monoisotopic (exact) mass is 595 g/mol. The molecule has 0 radical (unpaired) electrons. The van der Waals surface area contributed by atoms with Crippen LogP contribution < -0.4 is 32.5 Å². The van der Waals surface area contributed by atoms with Gasteiger partial charge in [-0.3, -0.25) is 24.3 Å². The summed E-state index contributed by atoms with van der Waals surface area (Å²) in [6.07, 6.45) is 4.11. The molecule has 0 unspecified atom stereocenters. The van der Waals surface area contributed by atoms with Crippen LogP contribution in [0.2, 0.25) is 0 Å². The molecule has 2 aromatic heterocycles. The predicted octanol–water partition coefficient (Wildman–Crippen LogP) is 1.85. The molecule has 1 aliphatic carbocycles. The van der Waals surface area contributed by atoms with Gasteiger partial charge in [-0.2, -0.15) is 5.10 Å². The maximum Gasteiger partial charge on any atom is 0.270 e. The lowest BCUT2D eigenvalue weighted by atomic mass is 9.97. The molecule has 0 bridgehead atoms. The molecule has 222 valence electrons. The van der Waals surface area contributed by atoms with Crippen molar-refractivity contribution >= 4 is 23.2 Å². The highest BCUT2D eigenvalue weighted by Gasteiger charge is 2.28. The van der Waals surface area contributed by atoms with Crippen LogP contribution in [0.3, 0.4) is 0 Å². The number of H-pyrrole nitrogens is 1. The Morgan fingerprint density at radius 1 is 1.00 bits per heavy atom. The zero-order valence-electron chi connectivity index (χ0n) is 23.4. The smallest absolute Gasteiger partial charge is 0.270 e. The van der Waals surface area contributed by atoms with E-state index in [0.29, 0.717) is 11.4 Å². The SMILES string of the molecule is Cc1c(-c2ncn[nH]2)ccc2c1CC[C@@H]2NC(=O)c1cc(C(=O)NCc2ccc(F)c(CNc3c(N)c(=O)c3=O)c2)ncn1. The van der Waals surface area contributed by atoms with Gasteiger partial charge in [0, 0.05) is 30.3 Å². The number of halogens is 1. The van der Waals surface area contributed by atoms with E-state index in [9.17, 15) is 23.6 Å². The quantitative estimate of drug-likeness (QED) is 0.157. The van der Waals surface area contributed by atoms with Crippen molar-refractivity contribution in [3.05, 3.63) is 115 Å². The zero-order chi connectivity index (χ0) is 31.0. The number of aromatic amines is 1. The number of hydrogen-bond acceptors (Lipinski definition) is 10. The summed E-state index contributed by atoms with van der Waals surface area (Å²) in [5.41, 5.74) is 8.79. The third-order valence-corrected chi connectivity index (χ3v) is 7.77. The van der Waals surface area contributed by atoms with Gasteiger partial charge in [0.25, 0.3) is 22.7 Å². The first-order chi connectivity index (χ1) is 21.2. The highest BCUT2D eigenvalue weighted by molar-refractivity contribution is 5.97. The molecule has 13 nitrogen and oxygen atoms in total. The predicted molar refractivity (Wildman–Crippen MR) is 158 cm³/mol. The molecule has 14 heteroatoms. The lowest BCUT2D eigenvalue weighted by Crippen LogP contribution is -2.37. The third kappa shape index (κ3) is 5.28. The molecule has 0 saturated heterocycles. The molecule has 2 heterocycles. The number of amides is 2. The number of benzene rings is 2. The molecule has 0 aliphatic heterocycles. The van der Waals surface area contributed by atoms with Crippen molar-refractivity contribution in [1.29, 1.82) is 0 Å². The van der Waals surface area contributed by atoms with E-state index in [1.54, 1.807) is 0 Å². The van der Waals surface area contributed by atoms with Gasteiger partial charge in [0.15, 0.2) is 5.82 Å². The molecule has 6 N–H and O–H groups in total. The van der Waals surface area contributed by atoms with Gasteiger partial charge in [0.1, 0.15) is 41.2 Å². The topological polar surface area (TPSA) is 198 Å². The van der Waals surface area contributed by atoms with E-state index in [4.69, 9.17) is 5.73 Å². The summed E-state index contributed by atoms with van der Waals surface area (Å²) >= 11 is 0. The Kier molecular flexibility index (Phi) is 7.39. The second-order valence-corrected chi connectivity index (χ2v) is 10.4. The van der Waals surface area contributed by atoms with Crippen LogP contribution in [0.5, 0.6) is 0 Å². The van der Waals surface area contributed by atoms with Crippen LogP contribution in [0.4, 0.5) is 15.8 Å². The minimum absolute atomic E-state index is 0.0101. The molecule has 1 aliphatic rings. The second-order valence-electron chi connectivity index (χ2n) is 10.4. The summed E-state index contributed by atoms with van der Waals surface area (Å²) in [6, 6.07) is 9.28. The number of nitrogens with zero attached hydrogens (tertiary/aromatic N) is 4. The Balaban J connectivity index is 1.08. The fourth-order valence-electron chi connectivity index (χ4n) is 5.37. The van der Waals surface area contributed by atoms with Gasteiger partial charge >= 0.3 is 0 Å². The van der Waals surface area contributed by atoms with Gasteiger partial charge in [0.05, 0.1) is 6.04 Å². The fourth-order valence-corrected chi connectivity index (χ4v) is 5.37. The normalized spacial score (nSPS) is 13.9. The van der Waals surface area contributed by atoms with Crippen molar-refractivity contribution in [2.75, 3.05) is 11.1 Å². The first kappa shape index (κ1) is 28.3. The minimum atomic E-state index is -0.771. The van der Waals surface area contributed by atoms with Gasteiger partial charge < -0.3 is 21.7 Å². The van der Waals surface area contributed by atoms with Crippen LogP contribution in [0.1, 0.15) is 61.3 Å². The molecule has 2 amide bonds. The molecule has 1 atom stereocenters. The minimum Gasteiger partial charge on any atom is -0.394 e. The summed E-state index contributed by atoms with van der Waals surface area (Å²) in [7, 11) is 0. The highest BCUT2D eigenvalue weighted by atomic mass is 19.1. The van der Waals surface area contributed by atoms with E-state index in [1.165, 1.54) is 30.6 Å². The number of aromatic nitrogens is 5. The Hall–Kier alpha value is -5.79. The number of hydrogen-bond donors (Lipinski definition) is 5. The van der Waals surface area contributed by atoms with E-state index in [-0.39, 0.29) is 47.5 Å². The fraction of sp³-hybridized carbons (Fsp3) is 0.200. The largest absolute Gasteiger partial charge is 0.394 e. The first-order valence-corrected chi connectivity index (χ1v) is 13.7. The van der Waals surface area contributed by atoms with Gasteiger partial charge in [-0.15, -0.1) is 0 Å². The van der Waals surface area contributed by atoms with E-state index in [0.717, 1.165) is 41.4 Å². The summed E-state index contributed by atoms with van der Waals surface area (Å²) in [6.45, 7) is 1.98. The number of nitrogen functional groups attached to an aromatic ring is 1. The Bertz CT molecular complexity index is 1980. The molecule has 3 aromatic carbocycles. The standard InChI is InChI=1S/C30H26FN9O4/c1-14-17-5-7-21(19(17)4-3-18(14)28-37-13-38-40-28)39-30(44)23-9-22(35-12-36-23)29(43)34-10-15-2-6-20(31)16(8-15)11-33-25-24(32)26(41)27(25)42/h2-4,6,8-9,12-13,21,33H,5,7,10-11,32H2,1H3,(H,34,43)(H,39,44)(H,37,38,40)/t21-/m0/s1. The number of anilines is 2. The maximum absolute atomic E-state index is 14.3. The Labute approximate surface area is 248 Å². The number of carbonyl (C=O) groups excluding carboxylic acids is 2. The number of rotatable bonds is 9. The van der Waals surface area contributed by atoms with Crippen LogP contribution in [-0.4, -0.2) is 37.0 Å². The van der Waals surface area contributed by atoms with Crippen LogP contribution >= 0.6 is 0 Å². The molecule has 5 aromatic rings. The molecule has 0 fully saturated rings. The Morgan fingerprint density at radius 2 is 1.80 bits per heavy atom. The van der Waals surface area contributed by atoms with Gasteiger partial charge in [-0.25, -0.2) is 19.3 Å². The van der Waals surface area contributed by atoms with Crippen LogP contribution in [-0.2, 0) is 19.5 Å². The lowest BCUT2D eigenvalue weighted by molar-refractivity contribution is 0.0931. The van der Waals surface area contributed by atoms with Crippen molar-refractivity contribution < 1.29 is 14.0 Å². The van der Waals surface area contributed by atoms with E-state index in [2.05, 4.69) is 41.1 Å². The van der Waals surface area contributed by atoms with Gasteiger partial charge in [0.2, 0.25) is 0 Å². The zero-order valence-corrected chi connectivity index (χ0v) is 23.4. The van der Waals surface area contributed by atoms with Crippen molar-refractivity contribution in [3.8, 4) is 11.4 Å². The third-order valence-electron chi connectivity index (χ3n) is 7.77. The second kappa shape index (κ2) is 11.5. The highest BCUT2D eigenvalue weighted by Crippen LogP contribution is 2.37. The Morgan fingerprint density at radius 3 is 2.55 bits per heavy atom. The number of fused-ring (bicyclic) bond motifs is 1. The van der Waals surface area contributed by atoms with E-state index < -0.39 is 28.5 Å². The van der Waals surface area contributed by atoms with Crippen molar-refractivity contribution in [3.63, 3.8) is 0 Å². The molecule has 44 heavy (non-hydrogen) atoms. The number of nitrogens with one attached hydrogen (secondary N) is 4.